The Labute approximate surface area is 118 Å². The summed E-state index contributed by atoms with van der Waals surface area (Å²) in [5.41, 5.74) is 2.30. The highest BCUT2D eigenvalue weighted by atomic mass is 79.9. The Kier molecular flexibility index (Phi) is 4.15. The molecule has 94 valence electrons. The molecule has 0 aliphatic carbocycles. The zero-order valence-corrected chi connectivity index (χ0v) is 13.2. The number of benzene rings is 1. The predicted octanol–water partition coefficient (Wildman–Crippen LogP) is 2.58. The lowest BCUT2D eigenvalue weighted by Crippen LogP contribution is -2.40. The van der Waals surface area contributed by atoms with Crippen molar-refractivity contribution < 1.29 is 8.42 Å². The predicted molar refractivity (Wildman–Crippen MR) is 77.6 cm³/mol. The van der Waals surface area contributed by atoms with Crippen molar-refractivity contribution >= 4 is 47.4 Å². The van der Waals surface area contributed by atoms with Crippen molar-refractivity contribution in [1.29, 1.82) is 0 Å². The minimum Gasteiger partial charge on any atom is -0.369 e. The fourth-order valence-corrected chi connectivity index (χ4v) is 3.98. The minimum atomic E-state index is -2.81. The summed E-state index contributed by atoms with van der Waals surface area (Å²) in [7, 11) is -2.81. The molecule has 1 heterocycles. The van der Waals surface area contributed by atoms with Crippen molar-refractivity contribution in [3.05, 3.63) is 28.2 Å². The van der Waals surface area contributed by atoms with Gasteiger partial charge in [0.25, 0.3) is 0 Å². The number of anilines is 1. The molecule has 0 bridgehead atoms. The Hall–Kier alpha value is -0.0700. The van der Waals surface area contributed by atoms with Gasteiger partial charge in [-0.3, -0.25) is 0 Å². The lowest BCUT2D eigenvalue weighted by atomic mass is 10.2. The van der Waals surface area contributed by atoms with E-state index in [0.29, 0.717) is 13.1 Å². The van der Waals surface area contributed by atoms with Crippen LogP contribution in [0, 0.1) is 0 Å². The first kappa shape index (κ1) is 13.4. The molecule has 0 aromatic heterocycles. The van der Waals surface area contributed by atoms with Crippen LogP contribution in [-0.2, 0) is 15.2 Å². The third kappa shape index (κ3) is 3.23. The zero-order valence-electron chi connectivity index (χ0n) is 9.20. The van der Waals surface area contributed by atoms with E-state index in [-0.39, 0.29) is 11.5 Å². The molecule has 0 atom stereocenters. The van der Waals surface area contributed by atoms with Gasteiger partial charge in [0, 0.05) is 28.6 Å². The molecule has 1 aliphatic heterocycles. The molecule has 0 saturated carbocycles. The summed E-state index contributed by atoms with van der Waals surface area (Å²) in [6, 6.07) is 6.09. The van der Waals surface area contributed by atoms with Gasteiger partial charge in [-0.15, -0.1) is 0 Å². The number of nitrogens with zero attached hydrogens (tertiary/aromatic N) is 1. The average Bonchev–Trinajstić information content (AvgIpc) is 2.29. The van der Waals surface area contributed by atoms with Crippen LogP contribution in [0.5, 0.6) is 0 Å². The molecule has 1 fully saturated rings. The van der Waals surface area contributed by atoms with Gasteiger partial charge in [0.15, 0.2) is 9.84 Å². The molecule has 6 heteroatoms. The van der Waals surface area contributed by atoms with E-state index < -0.39 is 9.84 Å². The standard InChI is InChI=1S/C11H13Br2NO2S/c12-8-9-7-10(13)1-2-11(9)14-3-5-17(15,16)6-4-14/h1-2,7H,3-6,8H2. The number of rotatable bonds is 2. The summed E-state index contributed by atoms with van der Waals surface area (Å²) in [6.45, 7) is 1.17. The van der Waals surface area contributed by atoms with Gasteiger partial charge >= 0.3 is 0 Å². The Morgan fingerprint density at radius 3 is 2.47 bits per heavy atom. The van der Waals surface area contributed by atoms with Crippen LogP contribution in [0.2, 0.25) is 0 Å². The Morgan fingerprint density at radius 2 is 1.88 bits per heavy atom. The summed E-state index contributed by atoms with van der Waals surface area (Å²) >= 11 is 6.91. The van der Waals surface area contributed by atoms with Gasteiger partial charge in [-0.2, -0.15) is 0 Å². The lowest BCUT2D eigenvalue weighted by molar-refractivity contribution is 0.586. The van der Waals surface area contributed by atoms with Crippen LogP contribution in [0.15, 0.2) is 22.7 Å². The number of halogens is 2. The molecular formula is C11H13Br2NO2S. The topological polar surface area (TPSA) is 37.4 Å². The lowest BCUT2D eigenvalue weighted by Gasteiger charge is -2.30. The first-order chi connectivity index (χ1) is 8.02. The van der Waals surface area contributed by atoms with Crippen LogP contribution in [0.25, 0.3) is 0 Å². The van der Waals surface area contributed by atoms with Crippen molar-refractivity contribution in [2.24, 2.45) is 0 Å². The summed E-state index contributed by atoms with van der Waals surface area (Å²) < 4.78 is 23.8. The van der Waals surface area contributed by atoms with Gasteiger partial charge in [0.1, 0.15) is 0 Å². The third-order valence-corrected chi connectivity index (χ3v) is 5.58. The molecule has 2 rings (SSSR count). The van der Waals surface area contributed by atoms with Crippen LogP contribution in [0.4, 0.5) is 5.69 Å². The van der Waals surface area contributed by atoms with Crippen LogP contribution in [0.1, 0.15) is 5.56 Å². The monoisotopic (exact) mass is 381 g/mol. The fraction of sp³-hybridized carbons (Fsp3) is 0.455. The molecule has 0 radical (unpaired) electrons. The molecule has 1 saturated heterocycles. The molecule has 0 amide bonds. The van der Waals surface area contributed by atoms with Crippen molar-refractivity contribution in [3.63, 3.8) is 0 Å². The van der Waals surface area contributed by atoms with E-state index in [1.54, 1.807) is 0 Å². The molecule has 0 spiro atoms. The summed E-state index contributed by atoms with van der Waals surface area (Å²) in [6.07, 6.45) is 0. The first-order valence-corrected chi connectivity index (χ1v) is 9.05. The number of alkyl halides is 1. The van der Waals surface area contributed by atoms with Crippen molar-refractivity contribution in [1.82, 2.24) is 0 Å². The van der Waals surface area contributed by atoms with E-state index >= 15 is 0 Å². The SMILES string of the molecule is O=S1(=O)CCN(c2ccc(Br)cc2CBr)CC1. The van der Waals surface area contributed by atoms with E-state index in [1.165, 1.54) is 5.56 Å². The van der Waals surface area contributed by atoms with Gasteiger partial charge in [-0.1, -0.05) is 31.9 Å². The maximum absolute atomic E-state index is 11.4. The fourth-order valence-electron chi connectivity index (χ4n) is 1.92. The normalized spacial score (nSPS) is 19.3. The summed E-state index contributed by atoms with van der Waals surface area (Å²) in [5, 5.41) is 0.769. The van der Waals surface area contributed by atoms with Crippen molar-refractivity contribution in [2.45, 2.75) is 5.33 Å². The second-order valence-electron chi connectivity index (χ2n) is 4.05. The van der Waals surface area contributed by atoms with Crippen molar-refractivity contribution in [3.8, 4) is 0 Å². The minimum absolute atomic E-state index is 0.255. The number of hydrogen-bond acceptors (Lipinski definition) is 3. The zero-order chi connectivity index (χ0) is 12.5. The Morgan fingerprint density at radius 1 is 1.24 bits per heavy atom. The van der Waals surface area contributed by atoms with Crippen molar-refractivity contribution in [2.75, 3.05) is 29.5 Å². The quantitative estimate of drug-likeness (QED) is 0.737. The maximum atomic E-state index is 11.4. The Bertz CT molecular complexity index is 502. The van der Waals surface area contributed by atoms with E-state index in [1.807, 2.05) is 12.1 Å². The highest BCUT2D eigenvalue weighted by Crippen LogP contribution is 2.27. The van der Waals surface area contributed by atoms with Gasteiger partial charge in [-0.05, 0) is 23.8 Å². The van der Waals surface area contributed by atoms with Crippen LogP contribution in [0.3, 0.4) is 0 Å². The first-order valence-electron chi connectivity index (χ1n) is 5.31. The van der Waals surface area contributed by atoms with E-state index in [4.69, 9.17) is 0 Å². The molecule has 1 aromatic carbocycles. The van der Waals surface area contributed by atoms with Gasteiger partial charge < -0.3 is 4.90 Å². The molecule has 1 aromatic rings. The van der Waals surface area contributed by atoms with Gasteiger partial charge in [0.2, 0.25) is 0 Å². The van der Waals surface area contributed by atoms with Crippen LogP contribution >= 0.6 is 31.9 Å². The molecule has 17 heavy (non-hydrogen) atoms. The number of sulfone groups is 1. The molecular weight excluding hydrogens is 370 g/mol. The molecule has 1 aliphatic rings. The largest absolute Gasteiger partial charge is 0.369 e. The van der Waals surface area contributed by atoms with Crippen LogP contribution in [-0.4, -0.2) is 33.0 Å². The molecule has 3 nitrogen and oxygen atoms in total. The van der Waals surface area contributed by atoms with Gasteiger partial charge in [0.05, 0.1) is 11.5 Å². The third-order valence-electron chi connectivity index (χ3n) is 2.87. The van der Waals surface area contributed by atoms with Gasteiger partial charge in [-0.25, -0.2) is 8.42 Å². The second kappa shape index (κ2) is 5.28. The highest BCUT2D eigenvalue weighted by molar-refractivity contribution is 9.10. The average molecular weight is 383 g/mol. The van der Waals surface area contributed by atoms with Crippen LogP contribution < -0.4 is 4.90 Å². The van der Waals surface area contributed by atoms with E-state index in [0.717, 1.165) is 15.5 Å². The Balaban J connectivity index is 2.24. The van der Waals surface area contributed by atoms with E-state index in [2.05, 4.69) is 42.8 Å². The second-order valence-corrected chi connectivity index (χ2v) is 7.83. The smallest absolute Gasteiger partial charge is 0.153 e. The highest BCUT2D eigenvalue weighted by Gasteiger charge is 2.22. The molecule has 0 N–H and O–H groups in total. The summed E-state index contributed by atoms with van der Waals surface area (Å²) in [5.74, 6) is 0.510. The molecule has 0 unspecified atom stereocenters. The maximum Gasteiger partial charge on any atom is 0.153 e. The number of hydrogen-bond donors (Lipinski definition) is 0. The summed E-state index contributed by atoms with van der Waals surface area (Å²) in [4.78, 5) is 2.14. The van der Waals surface area contributed by atoms with E-state index in [9.17, 15) is 8.42 Å².